The summed E-state index contributed by atoms with van der Waals surface area (Å²) in [6.45, 7) is 0. The van der Waals surface area contributed by atoms with Gasteiger partial charge < -0.3 is 25.5 Å². The van der Waals surface area contributed by atoms with E-state index >= 15 is 0 Å². The molecular weight excluding hydrogens is 605 g/mol. The fraction of sp³-hybridized carbons (Fsp3) is 0.286. The first-order chi connectivity index (χ1) is 20.2. The van der Waals surface area contributed by atoms with Gasteiger partial charge in [-0.2, -0.15) is 0 Å². The van der Waals surface area contributed by atoms with Gasteiger partial charge in [0.25, 0.3) is 0 Å². The molecule has 14 heteroatoms. The lowest BCUT2D eigenvalue weighted by Crippen LogP contribution is -2.21. The number of hydrogen-bond donors (Lipinski definition) is 5. The van der Waals surface area contributed by atoms with Crippen LogP contribution < -0.4 is 5.32 Å². The minimum atomic E-state index is -0.768. The molecule has 0 spiro atoms. The zero-order valence-corrected chi connectivity index (χ0v) is 24.2. The Morgan fingerprint density at radius 3 is 1.95 bits per heavy atom. The van der Waals surface area contributed by atoms with E-state index in [1.807, 2.05) is 0 Å². The zero-order chi connectivity index (χ0) is 29.5. The van der Waals surface area contributed by atoms with Crippen molar-refractivity contribution < 1.29 is 19.8 Å². The zero-order valence-electron chi connectivity index (χ0n) is 21.9. The Bertz CT molecular complexity index is 1850. The molecule has 4 aromatic heterocycles. The van der Waals surface area contributed by atoms with Gasteiger partial charge >= 0.3 is 11.9 Å². The summed E-state index contributed by atoms with van der Waals surface area (Å²) in [5.41, 5.74) is 6.15. The Hall–Kier alpha value is -3.93. The van der Waals surface area contributed by atoms with Crippen LogP contribution in [0.1, 0.15) is 35.4 Å². The van der Waals surface area contributed by atoms with Crippen molar-refractivity contribution in [1.29, 1.82) is 0 Å². The number of halogens is 3. The van der Waals surface area contributed by atoms with Gasteiger partial charge in [0.2, 0.25) is 0 Å². The first kappa shape index (κ1) is 28.2. The molecule has 7 rings (SSSR count). The summed E-state index contributed by atoms with van der Waals surface area (Å²) in [6, 6.07) is 5.23. The smallest absolute Gasteiger partial charge is 0.306 e. The number of rotatable bonds is 4. The van der Waals surface area contributed by atoms with Gasteiger partial charge in [0.1, 0.15) is 34.9 Å². The lowest BCUT2D eigenvalue weighted by atomic mass is 9.86. The van der Waals surface area contributed by atoms with Crippen LogP contribution in [0.25, 0.3) is 22.1 Å². The number of nitrogens with zero attached hydrogens (tertiary/aromatic N) is 4. The van der Waals surface area contributed by atoms with Crippen molar-refractivity contribution in [3.05, 3.63) is 68.6 Å². The molecule has 0 aliphatic heterocycles. The molecule has 42 heavy (non-hydrogen) atoms. The maximum Gasteiger partial charge on any atom is 0.306 e. The molecule has 0 saturated heterocycles. The van der Waals surface area contributed by atoms with Gasteiger partial charge in [-0.1, -0.05) is 34.8 Å². The predicted octanol–water partition coefficient (Wildman–Crippen LogP) is 6.00. The Morgan fingerprint density at radius 1 is 0.786 bits per heavy atom. The van der Waals surface area contributed by atoms with E-state index < -0.39 is 11.9 Å². The Labute approximate surface area is 253 Å². The number of carboxylic acid groups (broad SMARTS) is 2. The summed E-state index contributed by atoms with van der Waals surface area (Å²) >= 11 is 18.1. The molecule has 2 atom stereocenters. The number of aryl methyl sites for hydroxylation is 2. The van der Waals surface area contributed by atoms with E-state index in [0.717, 1.165) is 45.4 Å². The van der Waals surface area contributed by atoms with E-state index in [4.69, 9.17) is 39.9 Å². The molecule has 0 fully saturated rings. The summed E-state index contributed by atoms with van der Waals surface area (Å²) in [5.74, 6) is -1.62. The second-order valence-corrected chi connectivity index (χ2v) is 11.5. The molecule has 5 aromatic rings. The average Bonchev–Trinajstić information content (AvgIpc) is 3.54. The number of aromatic amines is 2. The SMILES string of the molecule is O=C(O)C1CCc2[nH]c3ncnc(Cl)c3c2C1.O=C(O)C1CCc2[nH]c3ncnc(Nc4ccc(Cl)c(Cl)c4)c3c2C1. The molecule has 0 radical (unpaired) electrons. The van der Waals surface area contributed by atoms with Gasteiger partial charge in [-0.05, 0) is 67.9 Å². The maximum atomic E-state index is 11.4. The van der Waals surface area contributed by atoms with Crippen molar-refractivity contribution in [2.24, 2.45) is 11.8 Å². The quantitative estimate of drug-likeness (QED) is 0.150. The van der Waals surface area contributed by atoms with Crippen molar-refractivity contribution in [2.45, 2.75) is 38.5 Å². The molecule has 216 valence electrons. The number of hydrogen-bond acceptors (Lipinski definition) is 7. The molecule has 2 aliphatic carbocycles. The predicted molar refractivity (Wildman–Crippen MR) is 159 cm³/mol. The Morgan fingerprint density at radius 2 is 1.36 bits per heavy atom. The second-order valence-electron chi connectivity index (χ2n) is 10.3. The second kappa shape index (κ2) is 11.4. The largest absolute Gasteiger partial charge is 0.481 e. The van der Waals surface area contributed by atoms with Crippen molar-refractivity contribution in [1.82, 2.24) is 29.9 Å². The van der Waals surface area contributed by atoms with E-state index in [1.165, 1.54) is 12.7 Å². The number of H-pyrrole nitrogens is 2. The normalized spacial score (nSPS) is 17.7. The average molecular weight is 629 g/mol. The van der Waals surface area contributed by atoms with Crippen molar-refractivity contribution in [3.63, 3.8) is 0 Å². The first-order valence-electron chi connectivity index (χ1n) is 13.2. The summed E-state index contributed by atoms with van der Waals surface area (Å²) < 4.78 is 0. The number of carbonyl (C=O) groups is 2. The lowest BCUT2D eigenvalue weighted by Gasteiger charge is -2.19. The highest BCUT2D eigenvalue weighted by Gasteiger charge is 2.30. The summed E-state index contributed by atoms with van der Waals surface area (Å²) in [7, 11) is 0. The first-order valence-corrected chi connectivity index (χ1v) is 14.3. The van der Waals surface area contributed by atoms with Crippen molar-refractivity contribution >= 4 is 80.3 Å². The van der Waals surface area contributed by atoms with Crippen molar-refractivity contribution in [2.75, 3.05) is 5.32 Å². The third-order valence-electron chi connectivity index (χ3n) is 7.79. The highest BCUT2D eigenvalue weighted by atomic mass is 35.5. The van der Waals surface area contributed by atoms with Crippen LogP contribution in [-0.2, 0) is 35.3 Å². The minimum absolute atomic E-state index is 0.335. The van der Waals surface area contributed by atoms with Gasteiger partial charge in [0.15, 0.2) is 0 Å². The minimum Gasteiger partial charge on any atom is -0.481 e. The van der Waals surface area contributed by atoms with E-state index in [9.17, 15) is 14.7 Å². The van der Waals surface area contributed by atoms with Gasteiger partial charge in [-0.15, -0.1) is 0 Å². The van der Waals surface area contributed by atoms with E-state index in [2.05, 4.69) is 35.2 Å². The highest BCUT2D eigenvalue weighted by Crippen LogP contribution is 2.36. The monoisotopic (exact) mass is 627 g/mol. The van der Waals surface area contributed by atoms with E-state index in [-0.39, 0.29) is 11.8 Å². The summed E-state index contributed by atoms with van der Waals surface area (Å²) in [5, 5.41) is 24.6. The molecule has 5 N–H and O–H groups in total. The van der Waals surface area contributed by atoms with Crippen molar-refractivity contribution in [3.8, 4) is 0 Å². The third kappa shape index (κ3) is 5.35. The van der Waals surface area contributed by atoms with Crippen LogP contribution >= 0.6 is 34.8 Å². The number of aliphatic carboxylic acids is 2. The maximum absolute atomic E-state index is 11.4. The number of fused-ring (bicyclic) bond motifs is 6. The topological polar surface area (TPSA) is 170 Å². The molecule has 2 unspecified atom stereocenters. The fourth-order valence-electron chi connectivity index (χ4n) is 5.67. The summed E-state index contributed by atoms with van der Waals surface area (Å²) in [6.07, 6.45) is 6.53. The molecular formula is C28H24Cl3N7O4. The van der Waals surface area contributed by atoms with Gasteiger partial charge in [-0.25, -0.2) is 19.9 Å². The van der Waals surface area contributed by atoms with Crippen LogP contribution in [0.2, 0.25) is 15.2 Å². The molecule has 4 heterocycles. The number of anilines is 2. The third-order valence-corrected chi connectivity index (χ3v) is 8.81. The Kier molecular flexibility index (Phi) is 7.65. The van der Waals surface area contributed by atoms with Crippen LogP contribution in [0.3, 0.4) is 0 Å². The van der Waals surface area contributed by atoms with Crippen LogP contribution in [0.15, 0.2) is 30.9 Å². The van der Waals surface area contributed by atoms with Crippen LogP contribution in [0.4, 0.5) is 11.5 Å². The van der Waals surface area contributed by atoms with E-state index in [1.54, 1.807) is 18.2 Å². The molecule has 1 aromatic carbocycles. The molecule has 0 bridgehead atoms. The van der Waals surface area contributed by atoms with Gasteiger partial charge in [0, 0.05) is 17.1 Å². The number of aromatic nitrogens is 6. The molecule has 11 nitrogen and oxygen atoms in total. The molecule has 0 amide bonds. The van der Waals surface area contributed by atoms with Crippen LogP contribution in [-0.4, -0.2) is 52.1 Å². The molecule has 2 aliphatic rings. The fourth-order valence-corrected chi connectivity index (χ4v) is 6.21. The Balaban J connectivity index is 0.000000162. The molecule has 0 saturated carbocycles. The van der Waals surface area contributed by atoms with Crippen LogP contribution in [0, 0.1) is 11.8 Å². The standard InChI is InChI=1S/C17H14Cl2N4O2.C11H10ClN3O2/c18-11-3-2-9(6-12(11)19)22-15-14-10-5-8(17(24)25)1-4-13(10)23-16(14)21-7-20-15;12-9-8-6-3-5(11(16)17)1-2-7(6)15-10(8)14-4-13-9/h2-3,6-8H,1,4-5H2,(H,24,25)(H2,20,21,22,23);4-5H,1-3H2,(H,16,17)(H,13,14,15). The number of carboxylic acids is 2. The number of nitrogens with one attached hydrogen (secondary N) is 3. The van der Waals surface area contributed by atoms with Gasteiger partial charge in [0.05, 0.1) is 32.7 Å². The van der Waals surface area contributed by atoms with E-state index in [0.29, 0.717) is 64.4 Å². The lowest BCUT2D eigenvalue weighted by molar-refractivity contribution is -0.143. The number of benzene rings is 1. The highest BCUT2D eigenvalue weighted by molar-refractivity contribution is 6.42. The van der Waals surface area contributed by atoms with Gasteiger partial charge in [-0.3, -0.25) is 9.59 Å². The van der Waals surface area contributed by atoms with Crippen LogP contribution in [0.5, 0.6) is 0 Å². The summed E-state index contributed by atoms with van der Waals surface area (Å²) in [4.78, 5) is 45.6.